The number of aliphatic hydroxyl groups is 1. The van der Waals surface area contributed by atoms with Gasteiger partial charge in [-0.15, -0.1) is 0 Å². The minimum absolute atomic E-state index is 0.0133. The highest BCUT2D eigenvalue weighted by atomic mass is 16.3. The first kappa shape index (κ1) is 11.2. The summed E-state index contributed by atoms with van der Waals surface area (Å²) in [5, 5.41) is 19.7. The van der Waals surface area contributed by atoms with Gasteiger partial charge in [0.15, 0.2) is 0 Å². The van der Waals surface area contributed by atoms with Gasteiger partial charge in [-0.05, 0) is 7.05 Å². The summed E-state index contributed by atoms with van der Waals surface area (Å²) in [5.74, 6) is 0. The van der Waals surface area contributed by atoms with Crippen molar-refractivity contribution in [2.24, 2.45) is 0 Å². The Kier molecular flexibility index (Phi) is 3.29. The normalized spacial score (nSPS) is 14.4. The van der Waals surface area contributed by atoms with Gasteiger partial charge in [0.05, 0.1) is 12.3 Å². The summed E-state index contributed by atoms with van der Waals surface area (Å²) in [4.78, 5) is 0. The lowest BCUT2D eigenvalue weighted by Crippen LogP contribution is -2.21. The van der Waals surface area contributed by atoms with Gasteiger partial charge in [-0.3, -0.25) is 5.10 Å². The van der Waals surface area contributed by atoms with E-state index in [1.807, 2.05) is 7.05 Å². The first-order valence-electron chi connectivity index (χ1n) is 4.83. The summed E-state index contributed by atoms with van der Waals surface area (Å²) in [6, 6.07) is 0. The van der Waals surface area contributed by atoms with Crippen LogP contribution < -0.4 is 5.32 Å². The molecule has 0 saturated carbocycles. The van der Waals surface area contributed by atoms with Crippen molar-refractivity contribution in [1.29, 1.82) is 0 Å². The molecule has 1 atom stereocenters. The molecule has 0 aliphatic heterocycles. The number of hydrogen-bond acceptors (Lipinski definition) is 3. The van der Waals surface area contributed by atoms with Crippen LogP contribution in [-0.2, 0) is 5.41 Å². The average Bonchev–Trinajstić information content (AvgIpc) is 2.50. The van der Waals surface area contributed by atoms with Gasteiger partial charge in [0.25, 0.3) is 0 Å². The van der Waals surface area contributed by atoms with Crippen LogP contribution in [-0.4, -0.2) is 28.9 Å². The van der Waals surface area contributed by atoms with Crippen LogP contribution in [0.1, 0.15) is 38.1 Å². The van der Waals surface area contributed by atoms with Gasteiger partial charge in [0.1, 0.15) is 0 Å². The molecule has 1 unspecified atom stereocenters. The van der Waals surface area contributed by atoms with E-state index in [2.05, 4.69) is 36.3 Å². The summed E-state index contributed by atoms with van der Waals surface area (Å²) in [6.07, 6.45) is 1.20. The molecule has 3 N–H and O–H groups in total. The molecule has 14 heavy (non-hydrogen) atoms. The maximum absolute atomic E-state index is 9.83. The SMILES string of the molecule is CNCC(O)c1cn[nH]c1C(C)(C)C. The van der Waals surface area contributed by atoms with Crippen LogP contribution >= 0.6 is 0 Å². The monoisotopic (exact) mass is 197 g/mol. The number of H-pyrrole nitrogens is 1. The first-order chi connectivity index (χ1) is 6.46. The quantitative estimate of drug-likeness (QED) is 0.676. The van der Waals surface area contributed by atoms with Crippen molar-refractivity contribution in [2.45, 2.75) is 32.3 Å². The highest BCUT2D eigenvalue weighted by molar-refractivity contribution is 5.25. The Balaban J connectivity index is 2.93. The number of likely N-dealkylation sites (N-methyl/N-ethyl adjacent to an activating group) is 1. The molecule has 0 saturated heterocycles. The van der Waals surface area contributed by atoms with Crippen LogP contribution in [0.2, 0.25) is 0 Å². The Hall–Kier alpha value is -0.870. The second-order valence-electron chi connectivity index (χ2n) is 4.52. The van der Waals surface area contributed by atoms with Gasteiger partial charge in [0, 0.05) is 23.2 Å². The smallest absolute Gasteiger partial charge is 0.0947 e. The Morgan fingerprint density at radius 3 is 2.71 bits per heavy atom. The highest BCUT2D eigenvalue weighted by Crippen LogP contribution is 2.27. The molecule has 0 aliphatic rings. The zero-order valence-corrected chi connectivity index (χ0v) is 9.26. The van der Waals surface area contributed by atoms with Crippen LogP contribution in [0.15, 0.2) is 6.20 Å². The molecule has 0 amide bonds. The molecule has 4 nitrogen and oxygen atoms in total. The number of aromatic nitrogens is 2. The number of aliphatic hydroxyl groups excluding tert-OH is 1. The van der Waals surface area contributed by atoms with Crippen LogP contribution in [0.3, 0.4) is 0 Å². The molecule has 4 heteroatoms. The van der Waals surface area contributed by atoms with Crippen molar-refractivity contribution in [3.63, 3.8) is 0 Å². The maximum atomic E-state index is 9.83. The first-order valence-corrected chi connectivity index (χ1v) is 4.83. The van der Waals surface area contributed by atoms with E-state index in [4.69, 9.17) is 0 Å². The van der Waals surface area contributed by atoms with Gasteiger partial charge in [0.2, 0.25) is 0 Å². The second kappa shape index (κ2) is 4.11. The second-order valence-corrected chi connectivity index (χ2v) is 4.52. The fourth-order valence-electron chi connectivity index (χ4n) is 1.45. The Labute approximate surface area is 84.7 Å². The zero-order chi connectivity index (χ0) is 10.8. The molecule has 1 rings (SSSR count). The maximum Gasteiger partial charge on any atom is 0.0947 e. The molecule has 0 aromatic carbocycles. The van der Waals surface area contributed by atoms with E-state index < -0.39 is 6.10 Å². The Bertz CT molecular complexity index is 288. The Morgan fingerprint density at radius 1 is 1.57 bits per heavy atom. The van der Waals surface area contributed by atoms with Gasteiger partial charge in [-0.2, -0.15) is 5.10 Å². The summed E-state index contributed by atoms with van der Waals surface area (Å²) in [6.45, 7) is 6.82. The molecule has 0 aliphatic carbocycles. The van der Waals surface area contributed by atoms with E-state index >= 15 is 0 Å². The summed E-state index contributed by atoms with van der Waals surface area (Å²) < 4.78 is 0. The van der Waals surface area contributed by atoms with Crippen molar-refractivity contribution in [3.05, 3.63) is 17.5 Å². The average molecular weight is 197 g/mol. The molecule has 0 radical (unpaired) electrons. The van der Waals surface area contributed by atoms with Crippen molar-refractivity contribution >= 4 is 0 Å². The van der Waals surface area contributed by atoms with E-state index in [1.54, 1.807) is 6.20 Å². The number of aromatic amines is 1. The highest BCUT2D eigenvalue weighted by Gasteiger charge is 2.23. The fraction of sp³-hybridized carbons (Fsp3) is 0.700. The van der Waals surface area contributed by atoms with Crippen LogP contribution in [0, 0.1) is 0 Å². The lowest BCUT2D eigenvalue weighted by Gasteiger charge is -2.20. The molecule has 0 bridgehead atoms. The van der Waals surface area contributed by atoms with E-state index in [0.717, 1.165) is 11.3 Å². The molecule has 0 fully saturated rings. The minimum atomic E-state index is -0.493. The molecule has 0 spiro atoms. The summed E-state index contributed by atoms with van der Waals surface area (Å²) >= 11 is 0. The van der Waals surface area contributed by atoms with E-state index in [0.29, 0.717) is 6.54 Å². The molecule has 1 aromatic rings. The lowest BCUT2D eigenvalue weighted by molar-refractivity contribution is 0.175. The number of nitrogens with zero attached hydrogens (tertiary/aromatic N) is 1. The van der Waals surface area contributed by atoms with Crippen LogP contribution in [0.25, 0.3) is 0 Å². The van der Waals surface area contributed by atoms with Gasteiger partial charge >= 0.3 is 0 Å². The third kappa shape index (κ3) is 2.33. The third-order valence-electron chi connectivity index (χ3n) is 2.18. The van der Waals surface area contributed by atoms with Gasteiger partial charge < -0.3 is 10.4 Å². The molecular weight excluding hydrogens is 178 g/mol. The minimum Gasteiger partial charge on any atom is -0.387 e. The van der Waals surface area contributed by atoms with Crippen molar-refractivity contribution in [2.75, 3.05) is 13.6 Å². The number of nitrogens with one attached hydrogen (secondary N) is 2. The van der Waals surface area contributed by atoms with E-state index in [1.165, 1.54) is 0 Å². The Morgan fingerprint density at radius 2 is 2.21 bits per heavy atom. The fourth-order valence-corrected chi connectivity index (χ4v) is 1.45. The standard InChI is InChI=1S/C10H19N3O/c1-10(2,3)9-7(5-12-13-9)8(14)6-11-4/h5,8,11,14H,6H2,1-4H3,(H,12,13). The van der Waals surface area contributed by atoms with Crippen molar-refractivity contribution < 1.29 is 5.11 Å². The zero-order valence-electron chi connectivity index (χ0n) is 9.26. The lowest BCUT2D eigenvalue weighted by atomic mass is 9.88. The van der Waals surface area contributed by atoms with E-state index in [9.17, 15) is 5.11 Å². The molecule has 80 valence electrons. The van der Waals surface area contributed by atoms with Crippen molar-refractivity contribution in [3.8, 4) is 0 Å². The van der Waals surface area contributed by atoms with Crippen LogP contribution in [0.4, 0.5) is 0 Å². The predicted molar refractivity (Wildman–Crippen MR) is 56.2 cm³/mol. The van der Waals surface area contributed by atoms with Crippen molar-refractivity contribution in [1.82, 2.24) is 15.5 Å². The molecule has 1 heterocycles. The predicted octanol–water partition coefficient (Wildman–Crippen LogP) is 0.960. The number of hydrogen-bond donors (Lipinski definition) is 3. The van der Waals surface area contributed by atoms with Crippen LogP contribution in [0.5, 0.6) is 0 Å². The molecule has 1 aromatic heterocycles. The number of rotatable bonds is 3. The molecular formula is C10H19N3O. The van der Waals surface area contributed by atoms with E-state index in [-0.39, 0.29) is 5.41 Å². The largest absolute Gasteiger partial charge is 0.387 e. The topological polar surface area (TPSA) is 60.9 Å². The summed E-state index contributed by atoms with van der Waals surface area (Å²) in [5.41, 5.74) is 1.87. The van der Waals surface area contributed by atoms with Gasteiger partial charge in [-0.25, -0.2) is 0 Å². The third-order valence-corrected chi connectivity index (χ3v) is 2.18. The summed E-state index contributed by atoms with van der Waals surface area (Å²) in [7, 11) is 1.82. The van der Waals surface area contributed by atoms with Gasteiger partial charge in [-0.1, -0.05) is 20.8 Å².